The maximum absolute atomic E-state index is 12.5. The quantitative estimate of drug-likeness (QED) is 0.755. The Hall–Kier alpha value is -0.650. The topological polar surface area (TPSA) is 69.8 Å². The van der Waals surface area contributed by atoms with Gasteiger partial charge < -0.3 is 15.7 Å². The minimum absolute atomic E-state index is 0.252. The number of carbonyl (C=O) groups is 1. The number of piperazine rings is 1. The van der Waals surface area contributed by atoms with E-state index >= 15 is 0 Å². The van der Waals surface area contributed by atoms with E-state index in [-0.39, 0.29) is 11.3 Å². The van der Waals surface area contributed by atoms with Gasteiger partial charge in [-0.05, 0) is 26.7 Å². The molecule has 2 rings (SSSR count). The molecule has 0 radical (unpaired) electrons. The van der Waals surface area contributed by atoms with Crippen molar-refractivity contribution < 1.29 is 9.90 Å². The van der Waals surface area contributed by atoms with Gasteiger partial charge in [0.05, 0.1) is 11.0 Å². The van der Waals surface area contributed by atoms with Crippen LogP contribution >= 0.6 is 0 Å². The van der Waals surface area contributed by atoms with Crippen LogP contribution in [0.4, 0.5) is 0 Å². The fraction of sp³-hybridized carbons (Fsp3) is 0.929. The minimum atomic E-state index is -0.668. The fourth-order valence-corrected chi connectivity index (χ4v) is 3.10. The normalized spacial score (nSPS) is 24.1. The van der Waals surface area contributed by atoms with Crippen molar-refractivity contribution in [3.63, 3.8) is 0 Å². The van der Waals surface area contributed by atoms with Crippen molar-refractivity contribution in [1.29, 1.82) is 0 Å². The number of carbonyl (C=O) groups excluding carboxylic acids is 1. The molecule has 1 aliphatic carbocycles. The molecule has 3 N–H and O–H groups in total. The highest BCUT2D eigenvalue weighted by Crippen LogP contribution is 2.41. The van der Waals surface area contributed by atoms with Crippen molar-refractivity contribution in [2.75, 3.05) is 39.3 Å². The van der Waals surface area contributed by atoms with Gasteiger partial charge in [0.25, 0.3) is 0 Å². The van der Waals surface area contributed by atoms with Gasteiger partial charge in [0, 0.05) is 39.3 Å². The van der Waals surface area contributed by atoms with Gasteiger partial charge in [0.2, 0.25) is 5.91 Å². The smallest absolute Gasteiger partial charge is 0.230 e. The van der Waals surface area contributed by atoms with Gasteiger partial charge in [-0.1, -0.05) is 6.42 Å². The van der Waals surface area contributed by atoms with Gasteiger partial charge in [-0.2, -0.15) is 0 Å². The lowest BCUT2D eigenvalue weighted by Gasteiger charge is -2.45. The molecule has 110 valence electrons. The van der Waals surface area contributed by atoms with Crippen LogP contribution in [-0.2, 0) is 4.79 Å². The molecule has 1 heterocycles. The second kappa shape index (κ2) is 5.38. The fourth-order valence-electron chi connectivity index (χ4n) is 3.10. The van der Waals surface area contributed by atoms with Crippen LogP contribution in [0.2, 0.25) is 0 Å². The predicted octanol–water partition coefficient (Wildman–Crippen LogP) is 0.0305. The molecule has 1 saturated heterocycles. The molecule has 1 amide bonds. The summed E-state index contributed by atoms with van der Waals surface area (Å²) in [5.74, 6) is 0.254. The third kappa shape index (κ3) is 3.27. The van der Waals surface area contributed by atoms with E-state index in [0.29, 0.717) is 13.1 Å². The molecule has 19 heavy (non-hydrogen) atoms. The Morgan fingerprint density at radius 1 is 1.26 bits per heavy atom. The second-order valence-corrected chi connectivity index (χ2v) is 6.72. The van der Waals surface area contributed by atoms with Crippen LogP contribution in [0.15, 0.2) is 0 Å². The Morgan fingerprint density at radius 2 is 1.84 bits per heavy atom. The van der Waals surface area contributed by atoms with Gasteiger partial charge in [-0.15, -0.1) is 0 Å². The zero-order valence-electron chi connectivity index (χ0n) is 12.2. The summed E-state index contributed by atoms with van der Waals surface area (Å²) in [6.45, 7) is 8.00. The van der Waals surface area contributed by atoms with Gasteiger partial charge in [-0.25, -0.2) is 0 Å². The molecular weight excluding hydrogens is 242 g/mol. The largest absolute Gasteiger partial charge is 0.389 e. The first kappa shape index (κ1) is 14.8. The average molecular weight is 269 g/mol. The van der Waals surface area contributed by atoms with E-state index in [1.54, 1.807) is 0 Å². The summed E-state index contributed by atoms with van der Waals surface area (Å²) in [5, 5.41) is 9.82. The predicted molar refractivity (Wildman–Crippen MR) is 74.7 cm³/mol. The highest BCUT2D eigenvalue weighted by molar-refractivity contribution is 5.84. The van der Waals surface area contributed by atoms with Crippen molar-refractivity contribution in [1.82, 2.24) is 9.80 Å². The summed E-state index contributed by atoms with van der Waals surface area (Å²) >= 11 is 0. The monoisotopic (exact) mass is 269 g/mol. The standard InChI is InChI=1S/C14H27N3O2/c1-13(2,19)11-16-6-8-17(9-7-16)12(18)14(10-15)4-3-5-14/h19H,3-11,15H2,1-2H3. The van der Waals surface area contributed by atoms with Crippen LogP contribution in [0.3, 0.4) is 0 Å². The van der Waals surface area contributed by atoms with Gasteiger partial charge in [0.1, 0.15) is 0 Å². The van der Waals surface area contributed by atoms with E-state index in [9.17, 15) is 9.90 Å². The Morgan fingerprint density at radius 3 is 2.21 bits per heavy atom. The lowest BCUT2D eigenvalue weighted by atomic mass is 9.67. The molecule has 0 spiro atoms. The molecule has 0 aromatic heterocycles. The first-order valence-corrected chi connectivity index (χ1v) is 7.30. The molecule has 0 atom stereocenters. The highest BCUT2D eigenvalue weighted by Gasteiger charge is 2.45. The molecule has 5 heteroatoms. The second-order valence-electron chi connectivity index (χ2n) is 6.72. The number of nitrogens with two attached hydrogens (primary N) is 1. The Bertz CT molecular complexity index is 321. The van der Waals surface area contributed by atoms with E-state index in [1.807, 2.05) is 18.7 Å². The maximum atomic E-state index is 12.5. The van der Waals surface area contributed by atoms with Crippen molar-refractivity contribution in [3.8, 4) is 0 Å². The van der Waals surface area contributed by atoms with Crippen LogP contribution < -0.4 is 5.73 Å². The van der Waals surface area contributed by atoms with Crippen LogP contribution in [-0.4, -0.2) is 65.7 Å². The van der Waals surface area contributed by atoms with E-state index in [1.165, 1.54) is 0 Å². The van der Waals surface area contributed by atoms with Crippen molar-refractivity contribution in [3.05, 3.63) is 0 Å². The third-order valence-corrected chi connectivity index (χ3v) is 4.43. The molecule has 2 aliphatic rings. The summed E-state index contributed by atoms with van der Waals surface area (Å²) in [6, 6.07) is 0. The van der Waals surface area contributed by atoms with Crippen LogP contribution in [0.5, 0.6) is 0 Å². The number of hydrogen-bond acceptors (Lipinski definition) is 4. The summed E-state index contributed by atoms with van der Waals surface area (Å²) in [4.78, 5) is 16.7. The van der Waals surface area contributed by atoms with E-state index in [4.69, 9.17) is 5.73 Å². The number of hydrogen-bond donors (Lipinski definition) is 2. The van der Waals surface area contributed by atoms with Gasteiger partial charge in [0.15, 0.2) is 0 Å². The first-order chi connectivity index (χ1) is 8.86. The van der Waals surface area contributed by atoms with Gasteiger partial charge in [-0.3, -0.25) is 9.69 Å². The lowest BCUT2D eigenvalue weighted by molar-refractivity contribution is -0.148. The number of β-amino-alcohol motifs (C(OH)–C–C–N with tert-alkyl or cyclic N) is 1. The van der Waals surface area contributed by atoms with Crippen molar-refractivity contribution >= 4 is 5.91 Å². The van der Waals surface area contributed by atoms with Crippen LogP contribution in [0, 0.1) is 5.41 Å². The average Bonchev–Trinajstić information content (AvgIpc) is 2.27. The Labute approximate surface area is 115 Å². The molecular formula is C14H27N3O2. The molecule has 2 fully saturated rings. The van der Waals surface area contributed by atoms with E-state index < -0.39 is 5.60 Å². The van der Waals surface area contributed by atoms with E-state index in [0.717, 1.165) is 45.4 Å². The molecule has 5 nitrogen and oxygen atoms in total. The first-order valence-electron chi connectivity index (χ1n) is 7.30. The zero-order chi connectivity index (χ0) is 14.1. The summed E-state index contributed by atoms with van der Waals surface area (Å²) in [5.41, 5.74) is 4.88. The number of rotatable bonds is 4. The van der Waals surface area contributed by atoms with Crippen LogP contribution in [0.1, 0.15) is 33.1 Å². The Balaban J connectivity index is 1.85. The third-order valence-electron chi connectivity index (χ3n) is 4.43. The summed E-state index contributed by atoms with van der Waals surface area (Å²) in [7, 11) is 0. The molecule has 0 aromatic carbocycles. The molecule has 1 saturated carbocycles. The minimum Gasteiger partial charge on any atom is -0.389 e. The molecule has 0 aromatic rings. The van der Waals surface area contributed by atoms with Gasteiger partial charge >= 0.3 is 0 Å². The zero-order valence-corrected chi connectivity index (χ0v) is 12.2. The maximum Gasteiger partial charge on any atom is 0.230 e. The Kier molecular flexibility index (Phi) is 4.18. The molecule has 0 bridgehead atoms. The molecule has 1 aliphatic heterocycles. The lowest BCUT2D eigenvalue weighted by Crippen LogP contribution is -2.58. The SMILES string of the molecule is CC(C)(O)CN1CCN(C(=O)C2(CN)CCC2)CC1. The summed E-state index contributed by atoms with van der Waals surface area (Å²) < 4.78 is 0. The number of amides is 1. The molecule has 0 unspecified atom stereocenters. The highest BCUT2D eigenvalue weighted by atomic mass is 16.3. The number of aliphatic hydroxyl groups is 1. The summed E-state index contributed by atoms with van der Waals surface area (Å²) in [6.07, 6.45) is 3.03. The van der Waals surface area contributed by atoms with Crippen molar-refractivity contribution in [2.45, 2.75) is 38.7 Å². The van der Waals surface area contributed by atoms with Crippen molar-refractivity contribution in [2.24, 2.45) is 11.1 Å². The number of nitrogens with zero attached hydrogens (tertiary/aromatic N) is 2. The van der Waals surface area contributed by atoms with E-state index in [2.05, 4.69) is 4.90 Å². The van der Waals surface area contributed by atoms with Crippen LogP contribution in [0.25, 0.3) is 0 Å².